The van der Waals surface area contributed by atoms with Crippen LogP contribution in [-0.4, -0.2) is 29.7 Å². The number of carboxylic acid groups (broad SMARTS) is 1. The first-order valence-corrected chi connectivity index (χ1v) is 6.30. The molecule has 6 heteroatoms. The molecule has 0 heterocycles. The first-order chi connectivity index (χ1) is 9.43. The molecule has 0 saturated carbocycles. The number of aliphatic carboxylic acids is 1. The molecular weight excluding hydrogens is 280 g/mol. The summed E-state index contributed by atoms with van der Waals surface area (Å²) < 4.78 is 0. The van der Waals surface area contributed by atoms with E-state index >= 15 is 0 Å². The van der Waals surface area contributed by atoms with Crippen LogP contribution in [0.3, 0.4) is 0 Å². The van der Waals surface area contributed by atoms with Gasteiger partial charge >= 0.3 is 12.0 Å². The standard InChI is InChI=1S/C14H15ClN2O3/c1-3-4-10(2)16-14(20)17(9-13(18)19)12-7-5-11(15)6-8-12/h1,5-8,10H,4,9H2,2H3,(H,16,20)(H,18,19). The fourth-order valence-electron chi connectivity index (χ4n) is 1.55. The monoisotopic (exact) mass is 294 g/mol. The Balaban J connectivity index is 2.89. The fraction of sp³-hybridized carbons (Fsp3) is 0.286. The lowest BCUT2D eigenvalue weighted by molar-refractivity contribution is -0.135. The second-order valence-corrected chi connectivity index (χ2v) is 4.65. The van der Waals surface area contributed by atoms with Crippen molar-refractivity contribution in [2.45, 2.75) is 19.4 Å². The molecular formula is C14H15ClN2O3. The summed E-state index contributed by atoms with van der Waals surface area (Å²) >= 11 is 5.77. The molecule has 106 valence electrons. The second kappa shape index (κ2) is 7.41. The van der Waals surface area contributed by atoms with Gasteiger partial charge in [0.25, 0.3) is 0 Å². The molecule has 0 aliphatic heterocycles. The number of nitrogens with zero attached hydrogens (tertiary/aromatic N) is 1. The average molecular weight is 295 g/mol. The summed E-state index contributed by atoms with van der Waals surface area (Å²) in [4.78, 5) is 24.1. The van der Waals surface area contributed by atoms with Crippen molar-refractivity contribution in [2.24, 2.45) is 0 Å². The Morgan fingerprint density at radius 3 is 2.55 bits per heavy atom. The zero-order valence-corrected chi connectivity index (χ0v) is 11.7. The average Bonchev–Trinajstić information content (AvgIpc) is 2.37. The van der Waals surface area contributed by atoms with Crippen LogP contribution >= 0.6 is 11.6 Å². The molecule has 0 aliphatic carbocycles. The molecule has 0 saturated heterocycles. The van der Waals surface area contributed by atoms with Crippen molar-refractivity contribution in [3.8, 4) is 12.3 Å². The third-order valence-electron chi connectivity index (χ3n) is 2.47. The maximum atomic E-state index is 12.1. The maximum absolute atomic E-state index is 12.1. The molecule has 0 fully saturated rings. The van der Waals surface area contributed by atoms with E-state index in [1.165, 1.54) is 0 Å². The molecule has 1 aromatic rings. The molecule has 5 nitrogen and oxygen atoms in total. The highest BCUT2D eigenvalue weighted by molar-refractivity contribution is 6.30. The fourth-order valence-corrected chi connectivity index (χ4v) is 1.68. The molecule has 2 amide bonds. The van der Waals surface area contributed by atoms with Crippen molar-refractivity contribution in [3.63, 3.8) is 0 Å². The summed E-state index contributed by atoms with van der Waals surface area (Å²) in [5.74, 6) is 1.32. The van der Waals surface area contributed by atoms with Gasteiger partial charge in [-0.15, -0.1) is 12.3 Å². The number of carboxylic acids is 1. The van der Waals surface area contributed by atoms with Crippen LogP contribution in [0.15, 0.2) is 24.3 Å². The lowest BCUT2D eigenvalue weighted by Gasteiger charge is -2.23. The van der Waals surface area contributed by atoms with E-state index in [4.69, 9.17) is 23.1 Å². The molecule has 20 heavy (non-hydrogen) atoms. The molecule has 1 rings (SSSR count). The van der Waals surface area contributed by atoms with Crippen LogP contribution in [0.1, 0.15) is 13.3 Å². The minimum absolute atomic E-state index is 0.240. The van der Waals surface area contributed by atoms with Crippen LogP contribution in [0.4, 0.5) is 10.5 Å². The molecule has 2 N–H and O–H groups in total. The molecule has 0 aromatic heterocycles. The van der Waals surface area contributed by atoms with E-state index in [0.717, 1.165) is 4.90 Å². The first-order valence-electron chi connectivity index (χ1n) is 5.93. The van der Waals surface area contributed by atoms with Gasteiger partial charge in [0.2, 0.25) is 0 Å². The number of terminal acetylenes is 1. The summed E-state index contributed by atoms with van der Waals surface area (Å²) in [6.07, 6.45) is 5.53. The highest BCUT2D eigenvalue weighted by Crippen LogP contribution is 2.18. The van der Waals surface area contributed by atoms with Crippen LogP contribution in [0.2, 0.25) is 5.02 Å². The largest absolute Gasteiger partial charge is 0.480 e. The third kappa shape index (κ3) is 4.82. The van der Waals surface area contributed by atoms with E-state index in [2.05, 4.69) is 11.2 Å². The molecule has 0 spiro atoms. The van der Waals surface area contributed by atoms with Gasteiger partial charge in [-0.05, 0) is 31.2 Å². The minimum Gasteiger partial charge on any atom is -0.480 e. The summed E-state index contributed by atoms with van der Waals surface area (Å²) in [5, 5.41) is 12.1. The quantitative estimate of drug-likeness (QED) is 0.819. The molecule has 1 unspecified atom stereocenters. The minimum atomic E-state index is -1.11. The van der Waals surface area contributed by atoms with Crippen molar-refractivity contribution < 1.29 is 14.7 Å². The van der Waals surface area contributed by atoms with Crippen LogP contribution in [-0.2, 0) is 4.79 Å². The Hall–Kier alpha value is -2.19. The number of nitrogens with one attached hydrogen (secondary N) is 1. The van der Waals surface area contributed by atoms with Crippen LogP contribution in [0.25, 0.3) is 0 Å². The van der Waals surface area contributed by atoms with E-state index in [1.807, 2.05) is 0 Å². The van der Waals surface area contributed by atoms with Crippen molar-refractivity contribution in [1.29, 1.82) is 0 Å². The molecule has 1 aromatic carbocycles. The van der Waals surface area contributed by atoms with Gasteiger partial charge in [-0.25, -0.2) is 4.79 Å². The highest BCUT2D eigenvalue weighted by atomic mass is 35.5. The Kier molecular flexibility index (Phi) is 5.88. The van der Waals surface area contributed by atoms with Crippen LogP contribution in [0, 0.1) is 12.3 Å². The zero-order valence-electron chi connectivity index (χ0n) is 11.0. The number of anilines is 1. The van der Waals surface area contributed by atoms with Gasteiger partial charge in [-0.2, -0.15) is 0 Å². The number of hydrogen-bond acceptors (Lipinski definition) is 2. The number of amides is 2. The number of rotatable bonds is 5. The van der Waals surface area contributed by atoms with Crippen LogP contribution in [0.5, 0.6) is 0 Å². The van der Waals surface area contributed by atoms with Crippen molar-refractivity contribution in [2.75, 3.05) is 11.4 Å². The Labute approximate surface area is 122 Å². The Bertz CT molecular complexity index is 522. The van der Waals surface area contributed by atoms with E-state index in [9.17, 15) is 9.59 Å². The number of halogens is 1. The number of benzene rings is 1. The second-order valence-electron chi connectivity index (χ2n) is 4.22. The van der Waals surface area contributed by atoms with Gasteiger partial charge in [0.05, 0.1) is 0 Å². The normalized spacial score (nSPS) is 11.2. The van der Waals surface area contributed by atoms with Gasteiger partial charge in [0.1, 0.15) is 6.54 Å². The van der Waals surface area contributed by atoms with E-state index in [-0.39, 0.29) is 6.04 Å². The Morgan fingerprint density at radius 1 is 1.45 bits per heavy atom. The number of hydrogen-bond donors (Lipinski definition) is 2. The summed E-state index contributed by atoms with van der Waals surface area (Å²) in [6.45, 7) is 1.30. The SMILES string of the molecule is C#CCC(C)NC(=O)N(CC(=O)O)c1ccc(Cl)cc1. The van der Waals surface area contributed by atoms with Crippen molar-refractivity contribution >= 4 is 29.3 Å². The van der Waals surface area contributed by atoms with Gasteiger partial charge in [0.15, 0.2) is 0 Å². The first kappa shape index (κ1) is 15.9. The van der Waals surface area contributed by atoms with Crippen molar-refractivity contribution in [1.82, 2.24) is 5.32 Å². The number of urea groups is 1. The lowest BCUT2D eigenvalue weighted by Crippen LogP contribution is -2.46. The topological polar surface area (TPSA) is 69.6 Å². The summed E-state index contributed by atoms with van der Waals surface area (Å²) in [7, 11) is 0. The molecule has 0 radical (unpaired) electrons. The van der Waals surface area contributed by atoms with Crippen molar-refractivity contribution in [3.05, 3.63) is 29.3 Å². The van der Waals surface area contributed by atoms with Crippen LogP contribution < -0.4 is 10.2 Å². The Morgan fingerprint density at radius 2 is 2.05 bits per heavy atom. The smallest absolute Gasteiger partial charge is 0.323 e. The lowest BCUT2D eigenvalue weighted by atomic mass is 10.2. The van der Waals surface area contributed by atoms with E-state index in [1.54, 1.807) is 31.2 Å². The molecule has 1 atom stereocenters. The van der Waals surface area contributed by atoms with E-state index < -0.39 is 18.5 Å². The molecule has 0 aliphatic rings. The predicted molar refractivity (Wildman–Crippen MR) is 77.9 cm³/mol. The van der Waals surface area contributed by atoms with E-state index in [0.29, 0.717) is 17.1 Å². The summed E-state index contributed by atoms with van der Waals surface area (Å²) in [6, 6.07) is 5.58. The van der Waals surface area contributed by atoms with Gasteiger partial charge < -0.3 is 10.4 Å². The predicted octanol–water partition coefficient (Wildman–Crippen LogP) is 2.35. The van der Waals surface area contributed by atoms with Gasteiger partial charge in [-0.1, -0.05) is 11.6 Å². The van der Waals surface area contributed by atoms with Gasteiger partial charge in [-0.3, -0.25) is 9.69 Å². The molecule has 0 bridgehead atoms. The third-order valence-corrected chi connectivity index (χ3v) is 2.72. The maximum Gasteiger partial charge on any atom is 0.323 e. The number of carbonyl (C=O) groups is 2. The highest BCUT2D eigenvalue weighted by Gasteiger charge is 2.20. The number of carbonyl (C=O) groups excluding carboxylic acids is 1. The van der Waals surface area contributed by atoms with Gasteiger partial charge in [0, 0.05) is 23.2 Å². The zero-order chi connectivity index (χ0) is 15.1. The summed E-state index contributed by atoms with van der Waals surface area (Å²) in [5.41, 5.74) is 0.446.